The number of ether oxygens (including phenoxy) is 2. The molecule has 0 radical (unpaired) electrons. The number of rotatable bonds is 7. The van der Waals surface area contributed by atoms with E-state index in [1.54, 1.807) is 12.1 Å². The molecule has 1 aromatic carbocycles. The molecule has 124 valence electrons. The van der Waals surface area contributed by atoms with Gasteiger partial charge in [-0.15, -0.1) is 0 Å². The van der Waals surface area contributed by atoms with E-state index < -0.39 is 5.91 Å². The fourth-order valence-corrected chi connectivity index (χ4v) is 2.28. The Kier molecular flexibility index (Phi) is 7.63. The number of nitrogens with zero attached hydrogens (tertiary/aromatic N) is 1. The van der Waals surface area contributed by atoms with Crippen LogP contribution in [0.25, 0.3) is 6.08 Å². The molecule has 0 saturated heterocycles. The summed E-state index contributed by atoms with van der Waals surface area (Å²) in [5, 5.41) is 11.9. The number of hydrogen-bond donors (Lipinski definition) is 1. The largest absolute Gasteiger partial charge is 0.490 e. The van der Waals surface area contributed by atoms with E-state index in [1.165, 1.54) is 6.08 Å². The zero-order valence-electron chi connectivity index (χ0n) is 13.8. The average molecular weight is 381 g/mol. The molecule has 1 aromatic rings. The number of nitriles is 1. The van der Waals surface area contributed by atoms with Crippen molar-refractivity contribution in [3.63, 3.8) is 0 Å². The highest BCUT2D eigenvalue weighted by atomic mass is 79.9. The van der Waals surface area contributed by atoms with Gasteiger partial charge in [0.25, 0.3) is 5.91 Å². The van der Waals surface area contributed by atoms with Crippen LogP contribution in [0.5, 0.6) is 11.5 Å². The molecule has 0 aliphatic heterocycles. The predicted molar refractivity (Wildman–Crippen MR) is 93.3 cm³/mol. The van der Waals surface area contributed by atoms with Crippen LogP contribution in [0, 0.1) is 11.3 Å². The molecule has 0 bridgehead atoms. The molecule has 0 saturated carbocycles. The molecule has 0 aliphatic carbocycles. The van der Waals surface area contributed by atoms with E-state index in [0.717, 1.165) is 4.47 Å². The second-order valence-electron chi connectivity index (χ2n) is 4.98. The lowest BCUT2D eigenvalue weighted by Crippen LogP contribution is -2.30. The van der Waals surface area contributed by atoms with E-state index in [0.29, 0.717) is 30.3 Å². The van der Waals surface area contributed by atoms with Crippen molar-refractivity contribution < 1.29 is 14.3 Å². The summed E-state index contributed by atoms with van der Waals surface area (Å²) in [6, 6.07) is 5.41. The van der Waals surface area contributed by atoms with E-state index in [2.05, 4.69) is 21.2 Å². The lowest BCUT2D eigenvalue weighted by Gasteiger charge is -2.13. The fraction of sp³-hybridized carbons (Fsp3) is 0.412. The fourth-order valence-electron chi connectivity index (χ4n) is 1.84. The Morgan fingerprint density at radius 1 is 1.30 bits per heavy atom. The SMILES string of the molecule is CCOc1cc(Br)c(/C=C(\C#N)C(=O)NC(C)C)cc1OCC. The van der Waals surface area contributed by atoms with Gasteiger partial charge in [0.1, 0.15) is 11.6 Å². The highest BCUT2D eigenvalue weighted by Gasteiger charge is 2.14. The van der Waals surface area contributed by atoms with Gasteiger partial charge in [0.15, 0.2) is 11.5 Å². The zero-order valence-corrected chi connectivity index (χ0v) is 15.4. The summed E-state index contributed by atoms with van der Waals surface area (Å²) in [4.78, 5) is 12.0. The third-order valence-corrected chi connectivity index (χ3v) is 3.43. The first-order valence-electron chi connectivity index (χ1n) is 7.44. The molecule has 23 heavy (non-hydrogen) atoms. The number of hydrogen-bond acceptors (Lipinski definition) is 4. The van der Waals surface area contributed by atoms with E-state index in [1.807, 2.05) is 33.8 Å². The van der Waals surface area contributed by atoms with Crippen LogP contribution >= 0.6 is 15.9 Å². The highest BCUT2D eigenvalue weighted by Crippen LogP contribution is 2.35. The van der Waals surface area contributed by atoms with Gasteiger partial charge in [0.2, 0.25) is 0 Å². The highest BCUT2D eigenvalue weighted by molar-refractivity contribution is 9.10. The van der Waals surface area contributed by atoms with Gasteiger partial charge < -0.3 is 14.8 Å². The van der Waals surface area contributed by atoms with Gasteiger partial charge in [-0.2, -0.15) is 5.26 Å². The van der Waals surface area contributed by atoms with Crippen molar-refractivity contribution in [2.24, 2.45) is 0 Å². The smallest absolute Gasteiger partial charge is 0.262 e. The van der Waals surface area contributed by atoms with Gasteiger partial charge in [-0.05, 0) is 51.5 Å². The van der Waals surface area contributed by atoms with Crippen molar-refractivity contribution in [1.29, 1.82) is 5.26 Å². The van der Waals surface area contributed by atoms with Crippen molar-refractivity contribution in [3.8, 4) is 17.6 Å². The van der Waals surface area contributed by atoms with Gasteiger partial charge in [-0.3, -0.25) is 4.79 Å². The second-order valence-corrected chi connectivity index (χ2v) is 5.84. The molecule has 0 atom stereocenters. The molecular formula is C17H21BrN2O3. The minimum absolute atomic E-state index is 0.0333. The van der Waals surface area contributed by atoms with Gasteiger partial charge in [0, 0.05) is 10.5 Å². The Morgan fingerprint density at radius 3 is 2.35 bits per heavy atom. The maximum Gasteiger partial charge on any atom is 0.262 e. The lowest BCUT2D eigenvalue weighted by molar-refractivity contribution is -0.117. The Morgan fingerprint density at radius 2 is 1.87 bits per heavy atom. The summed E-state index contributed by atoms with van der Waals surface area (Å²) in [6.07, 6.45) is 1.53. The zero-order chi connectivity index (χ0) is 17.4. The summed E-state index contributed by atoms with van der Waals surface area (Å²) in [5.74, 6) is 0.787. The number of nitrogens with one attached hydrogen (secondary N) is 1. The summed E-state index contributed by atoms with van der Waals surface area (Å²) < 4.78 is 11.8. The van der Waals surface area contributed by atoms with Crippen molar-refractivity contribution in [2.45, 2.75) is 33.7 Å². The minimum atomic E-state index is -0.402. The summed E-state index contributed by atoms with van der Waals surface area (Å²) in [7, 11) is 0. The number of carbonyl (C=O) groups excluding carboxylic acids is 1. The molecule has 5 nitrogen and oxygen atoms in total. The van der Waals surface area contributed by atoms with Gasteiger partial charge >= 0.3 is 0 Å². The lowest BCUT2D eigenvalue weighted by atomic mass is 10.1. The normalized spacial score (nSPS) is 11.1. The van der Waals surface area contributed by atoms with Crippen molar-refractivity contribution in [2.75, 3.05) is 13.2 Å². The number of halogens is 1. The molecule has 1 amide bonds. The molecule has 0 aromatic heterocycles. The van der Waals surface area contributed by atoms with Crippen LogP contribution in [0.2, 0.25) is 0 Å². The van der Waals surface area contributed by atoms with Crippen LogP contribution in [0.15, 0.2) is 22.2 Å². The van der Waals surface area contributed by atoms with Crippen molar-refractivity contribution >= 4 is 27.9 Å². The Hall–Kier alpha value is -2.00. The second kappa shape index (κ2) is 9.21. The molecule has 0 unspecified atom stereocenters. The van der Waals surface area contributed by atoms with Crippen LogP contribution in [-0.2, 0) is 4.79 Å². The average Bonchev–Trinajstić information content (AvgIpc) is 2.48. The maximum atomic E-state index is 12.0. The van der Waals surface area contributed by atoms with E-state index in [9.17, 15) is 10.1 Å². The topological polar surface area (TPSA) is 71.3 Å². The third-order valence-electron chi connectivity index (χ3n) is 2.75. The first kappa shape index (κ1) is 19.0. The molecule has 0 aliphatic rings. The summed E-state index contributed by atoms with van der Waals surface area (Å²) in [6.45, 7) is 8.46. The molecular weight excluding hydrogens is 360 g/mol. The Balaban J connectivity index is 3.25. The summed E-state index contributed by atoms with van der Waals surface area (Å²) >= 11 is 3.44. The van der Waals surface area contributed by atoms with Crippen molar-refractivity contribution in [1.82, 2.24) is 5.32 Å². The minimum Gasteiger partial charge on any atom is -0.490 e. The van der Waals surface area contributed by atoms with Crippen LogP contribution in [0.1, 0.15) is 33.3 Å². The first-order valence-corrected chi connectivity index (χ1v) is 8.23. The quantitative estimate of drug-likeness (QED) is 0.578. The van der Waals surface area contributed by atoms with Crippen LogP contribution in [-0.4, -0.2) is 25.2 Å². The molecule has 6 heteroatoms. The summed E-state index contributed by atoms with van der Waals surface area (Å²) in [5.41, 5.74) is 0.707. The Bertz CT molecular complexity index is 633. The molecule has 1 N–H and O–H groups in total. The van der Waals surface area contributed by atoms with E-state index in [4.69, 9.17) is 9.47 Å². The third kappa shape index (κ3) is 5.61. The standard InChI is InChI=1S/C17H21BrN2O3/c1-5-22-15-8-12(14(18)9-16(15)23-6-2)7-13(10-19)17(21)20-11(3)4/h7-9,11H,5-6H2,1-4H3,(H,20,21)/b13-7+. The predicted octanol–water partition coefficient (Wildman–Crippen LogP) is 3.68. The Labute approximate surface area is 145 Å². The van der Waals surface area contributed by atoms with E-state index >= 15 is 0 Å². The van der Waals surface area contributed by atoms with Gasteiger partial charge in [-0.25, -0.2) is 0 Å². The molecule has 0 fully saturated rings. The molecule has 0 heterocycles. The first-order chi connectivity index (χ1) is 10.9. The number of amides is 1. The van der Waals surface area contributed by atoms with Gasteiger partial charge in [-0.1, -0.05) is 15.9 Å². The van der Waals surface area contributed by atoms with Gasteiger partial charge in [0.05, 0.1) is 13.2 Å². The maximum absolute atomic E-state index is 12.0. The van der Waals surface area contributed by atoms with Crippen LogP contribution in [0.4, 0.5) is 0 Å². The molecule has 1 rings (SSSR count). The molecule has 0 spiro atoms. The van der Waals surface area contributed by atoms with E-state index in [-0.39, 0.29) is 11.6 Å². The van der Waals surface area contributed by atoms with Crippen LogP contribution < -0.4 is 14.8 Å². The monoisotopic (exact) mass is 380 g/mol. The van der Waals surface area contributed by atoms with Crippen molar-refractivity contribution in [3.05, 3.63) is 27.7 Å². The number of benzene rings is 1. The van der Waals surface area contributed by atoms with Crippen LogP contribution in [0.3, 0.4) is 0 Å². The number of carbonyl (C=O) groups is 1.